The van der Waals surface area contributed by atoms with Crippen LogP contribution in [0.3, 0.4) is 0 Å². The molecule has 1 aliphatic carbocycles. The van der Waals surface area contributed by atoms with E-state index in [9.17, 15) is 0 Å². The SMILES string of the molecule is C=CCN[C@@H](CC=C)[C@H]1COC2(CCCCC2)O1. The highest BCUT2D eigenvalue weighted by atomic mass is 16.7. The van der Waals surface area contributed by atoms with Crippen molar-refractivity contribution >= 4 is 0 Å². The van der Waals surface area contributed by atoms with Crippen LogP contribution in [-0.4, -0.2) is 31.1 Å². The van der Waals surface area contributed by atoms with Gasteiger partial charge in [-0.25, -0.2) is 0 Å². The molecule has 102 valence electrons. The predicted octanol–water partition coefficient (Wildman–Crippen LogP) is 2.78. The average Bonchev–Trinajstić information content (AvgIpc) is 2.79. The van der Waals surface area contributed by atoms with Gasteiger partial charge in [-0.1, -0.05) is 18.6 Å². The average molecular weight is 251 g/mol. The van der Waals surface area contributed by atoms with Crippen molar-refractivity contribution in [1.82, 2.24) is 5.32 Å². The monoisotopic (exact) mass is 251 g/mol. The van der Waals surface area contributed by atoms with E-state index in [2.05, 4.69) is 18.5 Å². The molecular formula is C15H25NO2. The summed E-state index contributed by atoms with van der Waals surface area (Å²) in [6, 6.07) is 0.279. The lowest BCUT2D eigenvalue weighted by atomic mass is 9.94. The molecule has 2 aliphatic rings. The number of hydrogen-bond acceptors (Lipinski definition) is 3. The van der Waals surface area contributed by atoms with E-state index in [1.807, 2.05) is 12.2 Å². The fraction of sp³-hybridized carbons (Fsp3) is 0.733. The Hall–Kier alpha value is -0.640. The van der Waals surface area contributed by atoms with Crippen LogP contribution in [0, 0.1) is 0 Å². The van der Waals surface area contributed by atoms with Gasteiger partial charge in [-0.3, -0.25) is 0 Å². The maximum absolute atomic E-state index is 6.23. The highest BCUT2D eigenvalue weighted by Gasteiger charge is 2.44. The molecule has 1 spiro atoms. The Kier molecular flexibility index (Phi) is 4.98. The van der Waals surface area contributed by atoms with E-state index in [4.69, 9.17) is 9.47 Å². The maximum atomic E-state index is 6.23. The van der Waals surface area contributed by atoms with Crippen molar-refractivity contribution in [3.8, 4) is 0 Å². The summed E-state index contributed by atoms with van der Waals surface area (Å²) in [6.07, 6.45) is 10.7. The lowest BCUT2D eigenvalue weighted by Crippen LogP contribution is -2.43. The molecule has 1 saturated heterocycles. The van der Waals surface area contributed by atoms with Crippen molar-refractivity contribution in [3.05, 3.63) is 25.3 Å². The van der Waals surface area contributed by atoms with Crippen LogP contribution in [0.1, 0.15) is 38.5 Å². The lowest BCUT2D eigenvalue weighted by molar-refractivity contribution is -0.189. The fourth-order valence-electron chi connectivity index (χ4n) is 2.91. The summed E-state index contributed by atoms with van der Waals surface area (Å²) in [7, 11) is 0. The van der Waals surface area contributed by atoms with Gasteiger partial charge in [0.1, 0.15) is 0 Å². The van der Waals surface area contributed by atoms with Crippen LogP contribution in [0.2, 0.25) is 0 Å². The van der Waals surface area contributed by atoms with Crippen molar-refractivity contribution in [2.45, 2.75) is 56.5 Å². The number of rotatable bonds is 6. The Labute approximate surface area is 110 Å². The highest BCUT2D eigenvalue weighted by Crippen LogP contribution is 2.38. The van der Waals surface area contributed by atoms with E-state index in [1.54, 1.807) is 0 Å². The zero-order chi connectivity index (χ0) is 12.8. The van der Waals surface area contributed by atoms with Crippen molar-refractivity contribution in [1.29, 1.82) is 0 Å². The number of nitrogens with one attached hydrogen (secondary N) is 1. The maximum Gasteiger partial charge on any atom is 0.168 e. The Balaban J connectivity index is 1.91. The summed E-state index contributed by atoms with van der Waals surface area (Å²) < 4.78 is 12.2. The topological polar surface area (TPSA) is 30.5 Å². The summed E-state index contributed by atoms with van der Waals surface area (Å²) >= 11 is 0. The third-order valence-corrected chi connectivity index (χ3v) is 3.89. The van der Waals surface area contributed by atoms with Gasteiger partial charge in [-0.2, -0.15) is 0 Å². The zero-order valence-corrected chi connectivity index (χ0v) is 11.2. The summed E-state index contributed by atoms with van der Waals surface area (Å²) in [5, 5.41) is 3.44. The second-order valence-corrected chi connectivity index (χ2v) is 5.27. The molecule has 1 N–H and O–H groups in total. The molecule has 2 rings (SSSR count). The minimum atomic E-state index is -0.280. The fourth-order valence-corrected chi connectivity index (χ4v) is 2.91. The van der Waals surface area contributed by atoms with Crippen molar-refractivity contribution in [3.63, 3.8) is 0 Å². The van der Waals surface area contributed by atoms with Crippen LogP contribution in [0.15, 0.2) is 25.3 Å². The summed E-state index contributed by atoms with van der Waals surface area (Å²) in [5.74, 6) is -0.280. The van der Waals surface area contributed by atoms with Crippen LogP contribution in [0.25, 0.3) is 0 Å². The Morgan fingerprint density at radius 1 is 1.22 bits per heavy atom. The first kappa shape index (κ1) is 13.8. The van der Waals surface area contributed by atoms with Gasteiger partial charge in [0.15, 0.2) is 5.79 Å². The molecule has 2 fully saturated rings. The molecular weight excluding hydrogens is 226 g/mol. The van der Waals surface area contributed by atoms with Crippen LogP contribution >= 0.6 is 0 Å². The van der Waals surface area contributed by atoms with Gasteiger partial charge < -0.3 is 14.8 Å². The molecule has 0 aromatic rings. The highest BCUT2D eigenvalue weighted by molar-refractivity contribution is 4.92. The van der Waals surface area contributed by atoms with Crippen molar-refractivity contribution < 1.29 is 9.47 Å². The van der Waals surface area contributed by atoms with E-state index in [0.717, 1.165) is 25.8 Å². The minimum Gasteiger partial charge on any atom is -0.347 e. The molecule has 18 heavy (non-hydrogen) atoms. The Morgan fingerprint density at radius 2 is 2.00 bits per heavy atom. The molecule has 0 radical (unpaired) electrons. The molecule has 1 heterocycles. The smallest absolute Gasteiger partial charge is 0.168 e. The molecule has 1 aliphatic heterocycles. The van der Waals surface area contributed by atoms with Gasteiger partial charge in [0.05, 0.1) is 12.7 Å². The quantitative estimate of drug-likeness (QED) is 0.736. The van der Waals surface area contributed by atoms with E-state index in [1.165, 1.54) is 19.3 Å². The van der Waals surface area contributed by atoms with Gasteiger partial charge in [0.2, 0.25) is 0 Å². The standard InChI is InChI=1S/C15H25NO2/c1-3-8-13(16-11-4-2)14-12-17-15(18-14)9-6-5-7-10-15/h3-4,13-14,16H,1-2,5-12H2/t13-,14+/m0/s1. The van der Waals surface area contributed by atoms with Gasteiger partial charge >= 0.3 is 0 Å². The summed E-state index contributed by atoms with van der Waals surface area (Å²) in [5.41, 5.74) is 0. The van der Waals surface area contributed by atoms with Crippen LogP contribution in [0.4, 0.5) is 0 Å². The third-order valence-electron chi connectivity index (χ3n) is 3.89. The molecule has 0 bridgehead atoms. The molecule has 3 nitrogen and oxygen atoms in total. The third kappa shape index (κ3) is 3.22. The summed E-state index contributed by atoms with van der Waals surface area (Å²) in [4.78, 5) is 0. The van der Waals surface area contributed by atoms with E-state index >= 15 is 0 Å². The largest absolute Gasteiger partial charge is 0.347 e. The van der Waals surface area contributed by atoms with Gasteiger partial charge in [-0.15, -0.1) is 13.2 Å². The molecule has 0 aromatic carbocycles. The number of ether oxygens (including phenoxy) is 2. The van der Waals surface area contributed by atoms with Gasteiger partial charge in [0, 0.05) is 25.4 Å². The van der Waals surface area contributed by atoms with E-state index in [-0.39, 0.29) is 17.9 Å². The predicted molar refractivity (Wildman–Crippen MR) is 73.4 cm³/mol. The van der Waals surface area contributed by atoms with Crippen molar-refractivity contribution in [2.24, 2.45) is 0 Å². The lowest BCUT2D eigenvalue weighted by Gasteiger charge is -2.32. The Bertz CT molecular complexity index is 284. The van der Waals surface area contributed by atoms with Crippen LogP contribution in [-0.2, 0) is 9.47 Å². The first-order valence-electron chi connectivity index (χ1n) is 7.06. The van der Waals surface area contributed by atoms with Crippen LogP contribution in [0.5, 0.6) is 0 Å². The molecule has 0 aromatic heterocycles. The van der Waals surface area contributed by atoms with Crippen molar-refractivity contribution in [2.75, 3.05) is 13.2 Å². The normalized spacial score (nSPS) is 28.1. The first-order chi connectivity index (χ1) is 8.79. The summed E-state index contributed by atoms with van der Waals surface area (Å²) in [6.45, 7) is 9.06. The zero-order valence-electron chi connectivity index (χ0n) is 11.2. The molecule has 0 amide bonds. The molecule has 0 unspecified atom stereocenters. The van der Waals surface area contributed by atoms with E-state index in [0.29, 0.717) is 6.61 Å². The second kappa shape index (κ2) is 6.50. The molecule has 3 heteroatoms. The van der Waals surface area contributed by atoms with Gasteiger partial charge in [0.25, 0.3) is 0 Å². The first-order valence-corrected chi connectivity index (χ1v) is 7.06. The van der Waals surface area contributed by atoms with Crippen LogP contribution < -0.4 is 5.32 Å². The minimum absolute atomic E-state index is 0.140. The Morgan fingerprint density at radius 3 is 2.67 bits per heavy atom. The second-order valence-electron chi connectivity index (χ2n) is 5.27. The number of hydrogen-bond donors (Lipinski definition) is 1. The molecule has 1 saturated carbocycles. The van der Waals surface area contributed by atoms with E-state index < -0.39 is 0 Å². The molecule has 2 atom stereocenters. The van der Waals surface area contributed by atoms with Gasteiger partial charge in [-0.05, 0) is 19.3 Å².